The number of rotatable bonds is 10. The Morgan fingerprint density at radius 2 is 1.64 bits per heavy atom. The van der Waals surface area contributed by atoms with Crippen molar-refractivity contribution in [2.45, 2.75) is 26.2 Å². The highest BCUT2D eigenvalue weighted by molar-refractivity contribution is 6.30. The lowest BCUT2D eigenvalue weighted by Crippen LogP contribution is -2.21. The smallest absolute Gasteiger partial charge is 0.306 e. The average Bonchev–Trinajstić information content (AvgIpc) is 2.71. The third kappa shape index (κ3) is 7.40. The van der Waals surface area contributed by atoms with Gasteiger partial charge in [0.25, 0.3) is 5.91 Å². The van der Waals surface area contributed by atoms with Gasteiger partial charge in [0.1, 0.15) is 5.75 Å². The van der Waals surface area contributed by atoms with Crippen molar-refractivity contribution in [1.82, 2.24) is 0 Å². The van der Waals surface area contributed by atoms with E-state index in [1.54, 1.807) is 48.5 Å². The number of ether oxygens (including phenoxy) is 2. The van der Waals surface area contributed by atoms with Crippen LogP contribution in [0.2, 0.25) is 5.02 Å². The van der Waals surface area contributed by atoms with Crippen molar-refractivity contribution in [3.8, 4) is 5.75 Å². The molecule has 2 rings (SSSR count). The van der Waals surface area contributed by atoms with Crippen LogP contribution in [0, 0.1) is 0 Å². The highest BCUT2D eigenvalue weighted by Gasteiger charge is 2.12. The third-order valence-corrected chi connectivity index (χ3v) is 3.95. The number of Topliss-reactive ketones (excluding diaryl/α,β-unsaturated/α-hetero) is 1. The van der Waals surface area contributed by atoms with Crippen LogP contribution in [-0.2, 0) is 14.3 Å². The Morgan fingerprint density at radius 1 is 0.964 bits per heavy atom. The summed E-state index contributed by atoms with van der Waals surface area (Å²) in [6.07, 6.45) is 0.814. The van der Waals surface area contributed by atoms with E-state index in [4.69, 9.17) is 21.1 Å². The first kappa shape index (κ1) is 21.4. The summed E-state index contributed by atoms with van der Waals surface area (Å²) in [5.41, 5.74) is 1.05. The number of nitrogens with one attached hydrogen (secondary N) is 1. The van der Waals surface area contributed by atoms with Gasteiger partial charge in [0, 0.05) is 22.7 Å². The molecule has 1 N–H and O–H groups in total. The van der Waals surface area contributed by atoms with Gasteiger partial charge in [-0.05, 0) is 55.0 Å². The van der Waals surface area contributed by atoms with Crippen LogP contribution in [0.4, 0.5) is 5.69 Å². The van der Waals surface area contributed by atoms with E-state index in [2.05, 4.69) is 5.32 Å². The molecule has 0 aliphatic carbocycles. The number of ketones is 1. The van der Waals surface area contributed by atoms with E-state index in [0.29, 0.717) is 28.6 Å². The molecule has 0 aliphatic heterocycles. The molecule has 7 heteroatoms. The van der Waals surface area contributed by atoms with Crippen molar-refractivity contribution in [3.05, 3.63) is 59.1 Å². The number of benzene rings is 2. The van der Waals surface area contributed by atoms with Crippen molar-refractivity contribution >= 4 is 34.9 Å². The van der Waals surface area contributed by atoms with Crippen LogP contribution in [0.1, 0.15) is 36.5 Å². The van der Waals surface area contributed by atoms with Crippen LogP contribution >= 0.6 is 11.6 Å². The van der Waals surface area contributed by atoms with Crippen LogP contribution in [0.25, 0.3) is 0 Å². The molecular formula is C21H22ClNO5. The number of carbonyl (C=O) groups is 3. The normalized spacial score (nSPS) is 10.2. The van der Waals surface area contributed by atoms with Gasteiger partial charge in [-0.1, -0.05) is 18.5 Å². The summed E-state index contributed by atoms with van der Waals surface area (Å²) in [6, 6.07) is 13.3. The molecule has 0 radical (unpaired) electrons. The van der Waals surface area contributed by atoms with Crippen molar-refractivity contribution in [1.29, 1.82) is 0 Å². The molecule has 0 atom stereocenters. The molecule has 0 fully saturated rings. The second-order valence-electron chi connectivity index (χ2n) is 6.01. The molecule has 28 heavy (non-hydrogen) atoms. The monoisotopic (exact) mass is 403 g/mol. The maximum absolute atomic E-state index is 12.1. The fourth-order valence-electron chi connectivity index (χ4n) is 2.27. The summed E-state index contributed by atoms with van der Waals surface area (Å²) in [6.45, 7) is 2.21. The molecule has 0 bridgehead atoms. The van der Waals surface area contributed by atoms with E-state index < -0.39 is 18.5 Å². The van der Waals surface area contributed by atoms with Gasteiger partial charge in [0.15, 0.2) is 12.4 Å². The number of hydrogen-bond donors (Lipinski definition) is 1. The summed E-state index contributed by atoms with van der Waals surface area (Å²) in [5, 5.41) is 3.13. The van der Waals surface area contributed by atoms with Gasteiger partial charge in [-0.2, -0.15) is 0 Å². The van der Waals surface area contributed by atoms with Crippen LogP contribution in [0.5, 0.6) is 5.75 Å². The Kier molecular flexibility index (Phi) is 8.49. The van der Waals surface area contributed by atoms with Gasteiger partial charge in [0.2, 0.25) is 0 Å². The zero-order valence-electron chi connectivity index (χ0n) is 15.6. The number of amides is 1. The van der Waals surface area contributed by atoms with Crippen molar-refractivity contribution in [2.24, 2.45) is 0 Å². The lowest BCUT2D eigenvalue weighted by Gasteiger charge is -2.07. The Bertz CT molecular complexity index is 803. The maximum atomic E-state index is 12.1. The molecule has 0 heterocycles. The van der Waals surface area contributed by atoms with Crippen LogP contribution in [0.3, 0.4) is 0 Å². The van der Waals surface area contributed by atoms with Gasteiger partial charge >= 0.3 is 5.97 Å². The lowest BCUT2D eigenvalue weighted by atomic mass is 10.1. The summed E-state index contributed by atoms with van der Waals surface area (Å²) < 4.78 is 10.4. The largest absolute Gasteiger partial charge is 0.494 e. The fourth-order valence-corrected chi connectivity index (χ4v) is 2.39. The number of carbonyl (C=O) groups excluding carboxylic acids is 3. The van der Waals surface area contributed by atoms with Crippen LogP contribution in [0.15, 0.2) is 48.5 Å². The van der Waals surface area contributed by atoms with Crippen LogP contribution in [-0.4, -0.2) is 30.9 Å². The molecule has 0 saturated heterocycles. The molecule has 0 aliphatic rings. The zero-order valence-corrected chi connectivity index (χ0v) is 16.3. The van der Waals surface area contributed by atoms with Crippen LogP contribution < -0.4 is 10.1 Å². The molecular weight excluding hydrogens is 382 g/mol. The molecule has 0 unspecified atom stereocenters. The van der Waals surface area contributed by atoms with Gasteiger partial charge in [-0.3, -0.25) is 14.4 Å². The average molecular weight is 404 g/mol. The topological polar surface area (TPSA) is 81.7 Å². The standard InChI is InChI=1S/C21H22ClNO5/c1-2-13-27-18-9-3-15(4-10-18)19(24)11-12-21(26)28-14-20(25)23-17-7-5-16(22)6-8-17/h3-10H,2,11-14H2,1H3,(H,23,25). The minimum Gasteiger partial charge on any atom is -0.494 e. The second-order valence-corrected chi connectivity index (χ2v) is 6.45. The number of hydrogen-bond acceptors (Lipinski definition) is 5. The van der Waals surface area contributed by atoms with E-state index in [0.717, 1.165) is 6.42 Å². The summed E-state index contributed by atoms with van der Waals surface area (Å²) in [7, 11) is 0. The highest BCUT2D eigenvalue weighted by atomic mass is 35.5. The maximum Gasteiger partial charge on any atom is 0.306 e. The summed E-state index contributed by atoms with van der Waals surface area (Å²) >= 11 is 5.77. The van der Waals surface area contributed by atoms with E-state index in [-0.39, 0.29) is 18.6 Å². The Hall–Kier alpha value is -2.86. The SMILES string of the molecule is CCCOc1ccc(C(=O)CCC(=O)OCC(=O)Nc2ccc(Cl)cc2)cc1. The van der Waals surface area contributed by atoms with Gasteiger partial charge < -0.3 is 14.8 Å². The van der Waals surface area contributed by atoms with E-state index in [9.17, 15) is 14.4 Å². The molecule has 0 saturated carbocycles. The van der Waals surface area contributed by atoms with Gasteiger partial charge in [0.05, 0.1) is 13.0 Å². The molecule has 2 aromatic carbocycles. The lowest BCUT2D eigenvalue weighted by molar-refractivity contribution is -0.147. The van der Waals surface area contributed by atoms with E-state index in [1.807, 2.05) is 6.92 Å². The Morgan fingerprint density at radius 3 is 2.29 bits per heavy atom. The minimum atomic E-state index is -0.609. The quantitative estimate of drug-likeness (QED) is 0.473. The Labute approximate surface area is 168 Å². The molecule has 6 nitrogen and oxygen atoms in total. The van der Waals surface area contributed by atoms with Gasteiger partial charge in [-0.25, -0.2) is 0 Å². The molecule has 0 spiro atoms. The predicted molar refractivity (Wildman–Crippen MR) is 107 cm³/mol. The molecule has 1 amide bonds. The third-order valence-electron chi connectivity index (χ3n) is 3.70. The molecule has 148 valence electrons. The van der Waals surface area contributed by atoms with E-state index in [1.165, 1.54) is 0 Å². The summed E-state index contributed by atoms with van der Waals surface area (Å²) in [4.78, 5) is 35.7. The summed E-state index contributed by atoms with van der Waals surface area (Å²) in [5.74, 6) is -0.554. The number of anilines is 1. The zero-order chi connectivity index (χ0) is 20.4. The Balaban J connectivity index is 1.70. The first-order valence-corrected chi connectivity index (χ1v) is 9.33. The molecule has 0 aromatic heterocycles. The first-order valence-electron chi connectivity index (χ1n) is 8.95. The van der Waals surface area contributed by atoms with Crippen molar-refractivity contribution < 1.29 is 23.9 Å². The fraction of sp³-hybridized carbons (Fsp3) is 0.286. The van der Waals surface area contributed by atoms with Crippen molar-refractivity contribution in [2.75, 3.05) is 18.5 Å². The first-order chi connectivity index (χ1) is 13.5. The van der Waals surface area contributed by atoms with Gasteiger partial charge in [-0.15, -0.1) is 0 Å². The second kappa shape index (κ2) is 11.1. The highest BCUT2D eigenvalue weighted by Crippen LogP contribution is 2.15. The van der Waals surface area contributed by atoms with E-state index >= 15 is 0 Å². The minimum absolute atomic E-state index is 0.00675. The molecule has 2 aromatic rings. The number of halogens is 1. The predicted octanol–water partition coefficient (Wildman–Crippen LogP) is 4.27. The number of esters is 1. The van der Waals surface area contributed by atoms with Crippen molar-refractivity contribution in [3.63, 3.8) is 0 Å².